The number of hydrogen-bond donors (Lipinski definition) is 0. The molecule has 0 aliphatic carbocycles. The molecular weight excluding hydrogens is 401 g/mol. The first-order valence-electron chi connectivity index (χ1n) is 5.44. The van der Waals surface area contributed by atoms with Crippen LogP contribution in [0.3, 0.4) is 0 Å². The summed E-state index contributed by atoms with van der Waals surface area (Å²) in [6, 6.07) is 7.67. The lowest BCUT2D eigenvalue weighted by atomic mass is 10.0. The first kappa shape index (κ1) is 14.9. The summed E-state index contributed by atoms with van der Waals surface area (Å²) in [6.45, 7) is 1.53. The molecule has 0 heterocycles. The maximum absolute atomic E-state index is 13.9. The molecule has 0 spiro atoms. The van der Waals surface area contributed by atoms with Crippen molar-refractivity contribution in [2.75, 3.05) is 0 Å². The zero-order valence-corrected chi connectivity index (χ0v) is 13.8. The molecule has 100 valence electrons. The lowest BCUT2D eigenvalue weighted by molar-refractivity contribution is 0.581. The topological polar surface area (TPSA) is 0 Å². The molecule has 2 aromatic rings. The van der Waals surface area contributed by atoms with E-state index in [-0.39, 0.29) is 11.1 Å². The monoisotopic (exact) mass is 408 g/mol. The molecule has 0 amide bonds. The molecule has 0 aliphatic heterocycles. The second-order valence-corrected chi connectivity index (χ2v) is 6.39. The minimum absolute atomic E-state index is 0.229. The van der Waals surface area contributed by atoms with Gasteiger partial charge in [0.25, 0.3) is 0 Å². The summed E-state index contributed by atoms with van der Waals surface area (Å²) in [6.07, 6.45) is 0. The normalized spacial score (nSPS) is 12.5. The molecule has 1 unspecified atom stereocenters. The summed E-state index contributed by atoms with van der Waals surface area (Å²) in [5.41, 5.74) is 1.20. The summed E-state index contributed by atoms with van der Waals surface area (Å²) in [7, 11) is 0. The maximum atomic E-state index is 13.9. The highest BCUT2D eigenvalue weighted by atomic mass is 79.9. The Labute approximate surface area is 132 Å². The molecule has 0 radical (unpaired) electrons. The molecule has 0 nitrogen and oxygen atoms in total. The number of hydrogen-bond acceptors (Lipinski definition) is 0. The molecule has 0 N–H and O–H groups in total. The van der Waals surface area contributed by atoms with E-state index in [2.05, 4.69) is 31.9 Å². The molecule has 0 aliphatic rings. The van der Waals surface area contributed by atoms with Crippen molar-refractivity contribution < 1.29 is 8.78 Å². The van der Waals surface area contributed by atoms with Gasteiger partial charge in [0.2, 0.25) is 0 Å². The molecule has 2 rings (SSSR count). The first-order valence-corrected chi connectivity index (χ1v) is 7.53. The fourth-order valence-electron chi connectivity index (χ4n) is 1.73. The standard InChI is InChI=1S/C14H9Br2ClF2/c1-7-4-13(19)10(6-12(7)18)14(16)9-3-2-8(15)5-11(9)17/h2-6,14H,1H3. The molecule has 2 aromatic carbocycles. The van der Waals surface area contributed by atoms with Crippen LogP contribution in [0.15, 0.2) is 34.8 Å². The van der Waals surface area contributed by atoms with Crippen LogP contribution in [0, 0.1) is 18.6 Å². The van der Waals surface area contributed by atoms with Crippen LogP contribution in [-0.4, -0.2) is 0 Å². The Kier molecular flexibility index (Phi) is 4.64. The molecular formula is C14H9Br2ClF2. The molecule has 0 bridgehead atoms. The van der Waals surface area contributed by atoms with Gasteiger partial charge in [0.1, 0.15) is 11.6 Å². The molecule has 0 fully saturated rings. The van der Waals surface area contributed by atoms with Crippen LogP contribution in [0.2, 0.25) is 5.02 Å². The average Bonchev–Trinajstić information content (AvgIpc) is 2.33. The van der Waals surface area contributed by atoms with Crippen molar-refractivity contribution in [2.24, 2.45) is 0 Å². The summed E-state index contributed by atoms with van der Waals surface area (Å²) in [5.74, 6) is -0.895. The molecule has 5 heteroatoms. The van der Waals surface area contributed by atoms with Gasteiger partial charge in [0, 0.05) is 15.1 Å². The highest BCUT2D eigenvalue weighted by molar-refractivity contribution is 9.10. The number of benzene rings is 2. The fourth-order valence-corrected chi connectivity index (χ4v) is 3.39. The van der Waals surface area contributed by atoms with Gasteiger partial charge < -0.3 is 0 Å². The lowest BCUT2D eigenvalue weighted by Gasteiger charge is -2.14. The molecule has 1 atom stereocenters. The summed E-state index contributed by atoms with van der Waals surface area (Å²) in [4.78, 5) is -0.497. The second-order valence-electron chi connectivity index (χ2n) is 4.15. The predicted octanol–water partition coefficient (Wildman–Crippen LogP) is 6.17. The van der Waals surface area contributed by atoms with Gasteiger partial charge in [0.05, 0.1) is 4.83 Å². The van der Waals surface area contributed by atoms with Gasteiger partial charge in [-0.3, -0.25) is 0 Å². The fraction of sp³-hybridized carbons (Fsp3) is 0.143. The molecule has 19 heavy (non-hydrogen) atoms. The van der Waals surface area contributed by atoms with Crippen LogP contribution in [0.25, 0.3) is 0 Å². The van der Waals surface area contributed by atoms with Gasteiger partial charge in [-0.1, -0.05) is 49.5 Å². The Morgan fingerprint density at radius 3 is 2.37 bits per heavy atom. The first-order chi connectivity index (χ1) is 8.90. The third-order valence-electron chi connectivity index (χ3n) is 2.79. The third-order valence-corrected chi connectivity index (χ3v) is 4.59. The summed E-state index contributed by atoms with van der Waals surface area (Å²) >= 11 is 12.8. The van der Waals surface area contributed by atoms with Crippen LogP contribution in [0.5, 0.6) is 0 Å². The Bertz CT molecular complexity index is 629. The number of halogens is 5. The SMILES string of the molecule is Cc1cc(F)c(C(Br)c2ccc(Br)cc2Cl)cc1F. The Morgan fingerprint density at radius 2 is 1.74 bits per heavy atom. The largest absolute Gasteiger partial charge is 0.207 e. The zero-order valence-electron chi connectivity index (χ0n) is 9.85. The van der Waals surface area contributed by atoms with E-state index in [0.717, 1.165) is 4.47 Å². The van der Waals surface area contributed by atoms with Gasteiger partial charge in [-0.15, -0.1) is 0 Å². The van der Waals surface area contributed by atoms with E-state index in [4.69, 9.17) is 11.6 Å². The third kappa shape index (κ3) is 3.18. The van der Waals surface area contributed by atoms with E-state index in [1.54, 1.807) is 18.2 Å². The van der Waals surface area contributed by atoms with Crippen molar-refractivity contribution in [1.29, 1.82) is 0 Å². The van der Waals surface area contributed by atoms with Gasteiger partial charge in [-0.25, -0.2) is 8.78 Å². The Morgan fingerprint density at radius 1 is 1.05 bits per heavy atom. The number of rotatable bonds is 2. The Hall–Kier alpha value is -0.450. The summed E-state index contributed by atoms with van der Waals surface area (Å²) in [5, 5.41) is 0.483. The van der Waals surface area contributed by atoms with E-state index >= 15 is 0 Å². The van der Waals surface area contributed by atoms with E-state index < -0.39 is 16.5 Å². The maximum Gasteiger partial charge on any atom is 0.128 e. The van der Waals surface area contributed by atoms with Crippen LogP contribution in [-0.2, 0) is 0 Å². The van der Waals surface area contributed by atoms with Crippen molar-refractivity contribution >= 4 is 43.5 Å². The van der Waals surface area contributed by atoms with Crippen LogP contribution in [0.1, 0.15) is 21.5 Å². The second kappa shape index (κ2) is 5.90. The Balaban J connectivity index is 2.49. The highest BCUT2D eigenvalue weighted by Crippen LogP contribution is 2.38. The quantitative estimate of drug-likeness (QED) is 0.519. The van der Waals surface area contributed by atoms with Crippen LogP contribution >= 0.6 is 43.5 Å². The van der Waals surface area contributed by atoms with Crippen molar-refractivity contribution in [1.82, 2.24) is 0 Å². The van der Waals surface area contributed by atoms with E-state index in [1.807, 2.05) is 0 Å². The minimum Gasteiger partial charge on any atom is -0.207 e. The van der Waals surface area contributed by atoms with Crippen LogP contribution in [0.4, 0.5) is 8.78 Å². The number of alkyl halides is 1. The van der Waals surface area contributed by atoms with Crippen molar-refractivity contribution in [3.8, 4) is 0 Å². The van der Waals surface area contributed by atoms with E-state index in [9.17, 15) is 8.78 Å². The zero-order chi connectivity index (χ0) is 14.2. The smallest absolute Gasteiger partial charge is 0.128 e. The minimum atomic E-state index is -0.497. The summed E-state index contributed by atoms with van der Waals surface area (Å²) < 4.78 is 28.3. The predicted molar refractivity (Wildman–Crippen MR) is 81.0 cm³/mol. The van der Waals surface area contributed by atoms with Crippen molar-refractivity contribution in [2.45, 2.75) is 11.8 Å². The van der Waals surface area contributed by atoms with Gasteiger partial charge in [-0.2, -0.15) is 0 Å². The van der Waals surface area contributed by atoms with Crippen molar-refractivity contribution in [3.05, 3.63) is 68.2 Å². The molecule has 0 saturated heterocycles. The van der Waals surface area contributed by atoms with E-state index in [1.165, 1.54) is 19.1 Å². The lowest BCUT2D eigenvalue weighted by Crippen LogP contribution is -2.00. The molecule has 0 aromatic heterocycles. The molecule has 0 saturated carbocycles. The highest BCUT2D eigenvalue weighted by Gasteiger charge is 2.19. The van der Waals surface area contributed by atoms with Gasteiger partial charge in [0.15, 0.2) is 0 Å². The van der Waals surface area contributed by atoms with E-state index in [0.29, 0.717) is 10.6 Å². The van der Waals surface area contributed by atoms with Gasteiger partial charge >= 0.3 is 0 Å². The average molecular weight is 410 g/mol. The van der Waals surface area contributed by atoms with Crippen LogP contribution < -0.4 is 0 Å². The van der Waals surface area contributed by atoms with Crippen molar-refractivity contribution in [3.63, 3.8) is 0 Å². The number of aryl methyl sites for hydroxylation is 1. The van der Waals surface area contributed by atoms with Gasteiger partial charge in [-0.05, 0) is 42.3 Å².